The van der Waals surface area contributed by atoms with Crippen LogP contribution in [0.15, 0.2) is 231 Å². The number of hydrogen-bond donors (Lipinski definition) is 0. The Balaban J connectivity index is 1.05. The predicted molar refractivity (Wildman–Crippen MR) is 292 cm³/mol. The van der Waals surface area contributed by atoms with Crippen molar-refractivity contribution >= 4 is 96.9 Å². The summed E-state index contributed by atoms with van der Waals surface area (Å²) in [5.74, 6) is 1.93. The van der Waals surface area contributed by atoms with Crippen LogP contribution in [0, 0.1) is 0 Å². The van der Waals surface area contributed by atoms with Gasteiger partial charge in [-0.2, -0.15) is 0 Å². The molecule has 0 bridgehead atoms. The van der Waals surface area contributed by atoms with Gasteiger partial charge in [0.15, 0.2) is 17.5 Å². The topological polar surface area (TPSA) is 53.5 Å². The van der Waals surface area contributed by atoms with Gasteiger partial charge >= 0.3 is 0 Å². The second kappa shape index (κ2) is 15.2. The quantitative estimate of drug-likeness (QED) is 0.167. The summed E-state index contributed by atoms with van der Waals surface area (Å²) in [4.78, 5) is 15.6. The molecule has 10 aromatic carbocycles. The van der Waals surface area contributed by atoms with Crippen molar-refractivity contribution in [2.75, 3.05) is 0 Å². The van der Waals surface area contributed by atoms with Gasteiger partial charge in [-0.3, -0.25) is 0 Å². The minimum atomic E-state index is 0.642. The van der Waals surface area contributed by atoms with Gasteiger partial charge in [-0.1, -0.05) is 152 Å². The van der Waals surface area contributed by atoms with Crippen LogP contribution in [0.5, 0.6) is 0 Å². The fraction of sp³-hybridized carbons (Fsp3) is 0. The van der Waals surface area contributed by atoms with Crippen molar-refractivity contribution in [3.05, 3.63) is 231 Å². The molecule has 5 heterocycles. The molecule has 0 unspecified atom stereocenters. The van der Waals surface area contributed by atoms with E-state index in [0.29, 0.717) is 17.5 Å². The fourth-order valence-corrected chi connectivity index (χ4v) is 12.3. The molecule has 0 amide bonds. The Labute approximate surface area is 405 Å². The van der Waals surface area contributed by atoms with Crippen LogP contribution in [0.1, 0.15) is 0 Å². The second-order valence-electron chi connectivity index (χ2n) is 18.0. The molecule has 0 saturated carbocycles. The summed E-state index contributed by atoms with van der Waals surface area (Å²) in [6.07, 6.45) is 0. The molecule has 6 nitrogen and oxygen atoms in total. The maximum absolute atomic E-state index is 5.25. The zero-order valence-electron chi connectivity index (χ0n) is 37.5. The highest BCUT2D eigenvalue weighted by Crippen LogP contribution is 2.47. The molecular formula is C63H38N6S. The third kappa shape index (κ3) is 5.76. The first-order chi connectivity index (χ1) is 34.7. The highest BCUT2D eigenvalue weighted by molar-refractivity contribution is 7.26. The zero-order chi connectivity index (χ0) is 45.9. The predicted octanol–water partition coefficient (Wildman–Crippen LogP) is 16.5. The van der Waals surface area contributed by atoms with Crippen LogP contribution >= 0.6 is 11.3 Å². The summed E-state index contributed by atoms with van der Waals surface area (Å²) in [5, 5.41) is 9.61. The van der Waals surface area contributed by atoms with Crippen LogP contribution in [-0.4, -0.2) is 28.7 Å². The van der Waals surface area contributed by atoms with Gasteiger partial charge in [0.05, 0.1) is 38.8 Å². The minimum absolute atomic E-state index is 0.642. The van der Waals surface area contributed by atoms with Crippen LogP contribution < -0.4 is 0 Å². The summed E-state index contributed by atoms with van der Waals surface area (Å²) < 4.78 is 9.69. The molecule has 15 aromatic rings. The number of benzene rings is 10. The van der Waals surface area contributed by atoms with Crippen molar-refractivity contribution in [3.63, 3.8) is 0 Å². The van der Waals surface area contributed by atoms with E-state index < -0.39 is 0 Å². The lowest BCUT2D eigenvalue weighted by atomic mass is 10.1. The standard InChI is InChI=1S/C63H38N6S/c1-4-18-39(19-5-1)61-64-62(40-20-6-2-7-21-40)66-63(65-61)47-33-35-55(59-46-27-13-17-31-58(46)70-60(47)59)69-54-34-32-42(68-51-28-14-10-24-43(51)44-25-11-15-29-52(44)68)36-48(54)50-38-56-49(37-57(50)69)45-26-12-16-30-53(45)67(56)41-22-8-3-9-23-41/h1-38H. The molecule has 0 aliphatic carbocycles. The van der Waals surface area contributed by atoms with Crippen LogP contribution in [0.25, 0.3) is 137 Å². The van der Waals surface area contributed by atoms with Crippen molar-refractivity contribution in [1.82, 2.24) is 28.7 Å². The number of hydrogen-bond acceptors (Lipinski definition) is 4. The molecule has 7 heteroatoms. The third-order valence-electron chi connectivity index (χ3n) is 14.1. The molecule has 0 fully saturated rings. The average Bonchev–Trinajstić information content (AvgIpc) is 4.17. The van der Waals surface area contributed by atoms with Crippen LogP contribution in [0.3, 0.4) is 0 Å². The van der Waals surface area contributed by atoms with Crippen LogP contribution in [0.2, 0.25) is 0 Å². The molecule has 0 N–H and O–H groups in total. The van der Waals surface area contributed by atoms with E-state index in [1.54, 1.807) is 11.3 Å². The van der Waals surface area contributed by atoms with Gasteiger partial charge in [-0.05, 0) is 78.9 Å². The maximum atomic E-state index is 5.25. The molecule has 0 atom stereocenters. The van der Waals surface area contributed by atoms with Gasteiger partial charge < -0.3 is 13.7 Å². The van der Waals surface area contributed by atoms with Gasteiger partial charge in [-0.25, -0.2) is 15.0 Å². The minimum Gasteiger partial charge on any atom is -0.309 e. The summed E-state index contributed by atoms with van der Waals surface area (Å²) in [5.41, 5.74) is 13.2. The van der Waals surface area contributed by atoms with E-state index >= 15 is 0 Å². The van der Waals surface area contributed by atoms with E-state index in [-0.39, 0.29) is 0 Å². The molecule has 15 rings (SSSR count). The monoisotopic (exact) mass is 910 g/mol. The molecule has 70 heavy (non-hydrogen) atoms. The Bertz CT molecular complexity index is 4470. The molecule has 5 aromatic heterocycles. The molecule has 0 aliphatic rings. The Morgan fingerprint density at radius 3 is 1.39 bits per heavy atom. The lowest BCUT2D eigenvalue weighted by Crippen LogP contribution is -2.01. The summed E-state index contributed by atoms with van der Waals surface area (Å²) in [7, 11) is 0. The molecule has 0 spiro atoms. The highest BCUT2D eigenvalue weighted by atomic mass is 32.1. The molecule has 0 radical (unpaired) electrons. The molecular weight excluding hydrogens is 873 g/mol. The summed E-state index contributed by atoms with van der Waals surface area (Å²) in [6, 6.07) is 82.7. The molecule has 0 aliphatic heterocycles. The van der Waals surface area contributed by atoms with E-state index in [0.717, 1.165) is 54.9 Å². The normalized spacial score (nSPS) is 12.0. The maximum Gasteiger partial charge on any atom is 0.165 e. The Morgan fingerprint density at radius 1 is 0.300 bits per heavy atom. The number of fused-ring (bicyclic) bond motifs is 12. The van der Waals surface area contributed by atoms with E-state index in [9.17, 15) is 0 Å². The van der Waals surface area contributed by atoms with Crippen molar-refractivity contribution in [3.8, 4) is 51.2 Å². The fourth-order valence-electron chi connectivity index (χ4n) is 11.0. The number of rotatable bonds is 6. The van der Waals surface area contributed by atoms with E-state index in [4.69, 9.17) is 15.0 Å². The van der Waals surface area contributed by atoms with Gasteiger partial charge in [0.2, 0.25) is 0 Å². The van der Waals surface area contributed by atoms with Crippen molar-refractivity contribution < 1.29 is 0 Å². The first-order valence-corrected chi connectivity index (χ1v) is 24.4. The lowest BCUT2D eigenvalue weighted by Gasteiger charge is -2.14. The van der Waals surface area contributed by atoms with E-state index in [1.165, 1.54) is 64.5 Å². The number of aromatic nitrogens is 6. The second-order valence-corrected chi connectivity index (χ2v) is 19.0. The van der Waals surface area contributed by atoms with Crippen LogP contribution in [0.4, 0.5) is 0 Å². The number of thiophene rings is 1. The Kier molecular flexibility index (Phi) is 8.43. The first kappa shape index (κ1) is 38.9. The lowest BCUT2D eigenvalue weighted by molar-refractivity contribution is 1.08. The number of para-hydroxylation sites is 4. The Morgan fingerprint density at radius 2 is 0.757 bits per heavy atom. The van der Waals surface area contributed by atoms with Crippen LogP contribution in [-0.2, 0) is 0 Å². The smallest absolute Gasteiger partial charge is 0.165 e. The van der Waals surface area contributed by atoms with Crippen molar-refractivity contribution in [2.45, 2.75) is 0 Å². The molecule has 0 saturated heterocycles. The SMILES string of the molecule is c1ccc(-c2nc(-c3ccccc3)nc(-c3ccc(-n4c5ccc(-n6c7ccccc7c7ccccc76)cc5c5cc6c(cc54)c4ccccc4n6-c4ccccc4)c4c3sc3ccccc34)n2)cc1. The van der Waals surface area contributed by atoms with Gasteiger partial charge in [0.25, 0.3) is 0 Å². The Hall–Kier alpha value is -9.17. The summed E-state index contributed by atoms with van der Waals surface area (Å²) >= 11 is 1.80. The highest BCUT2D eigenvalue weighted by Gasteiger charge is 2.24. The zero-order valence-corrected chi connectivity index (χ0v) is 38.3. The number of nitrogens with zero attached hydrogens (tertiary/aromatic N) is 6. The largest absolute Gasteiger partial charge is 0.309 e. The van der Waals surface area contributed by atoms with Gasteiger partial charge in [0, 0.05) is 80.6 Å². The summed E-state index contributed by atoms with van der Waals surface area (Å²) in [6.45, 7) is 0. The third-order valence-corrected chi connectivity index (χ3v) is 15.3. The van der Waals surface area contributed by atoms with Crippen molar-refractivity contribution in [2.24, 2.45) is 0 Å². The van der Waals surface area contributed by atoms with E-state index in [1.807, 2.05) is 36.4 Å². The van der Waals surface area contributed by atoms with Gasteiger partial charge in [0.1, 0.15) is 0 Å². The van der Waals surface area contributed by atoms with Gasteiger partial charge in [-0.15, -0.1) is 11.3 Å². The van der Waals surface area contributed by atoms with E-state index in [2.05, 4.69) is 208 Å². The average molecular weight is 911 g/mol. The molecule has 326 valence electrons. The first-order valence-electron chi connectivity index (χ1n) is 23.6. The van der Waals surface area contributed by atoms with Crippen molar-refractivity contribution in [1.29, 1.82) is 0 Å².